The summed E-state index contributed by atoms with van der Waals surface area (Å²) in [5.74, 6) is 0.512. The Kier molecular flexibility index (Phi) is 8.21. The topological polar surface area (TPSA) is 79.5 Å². The molecule has 0 aliphatic carbocycles. The van der Waals surface area contributed by atoms with Crippen molar-refractivity contribution in [3.05, 3.63) is 50.6 Å². The molecule has 3 N–H and O–H groups in total. The molecule has 1 aromatic heterocycles. The predicted octanol–water partition coefficient (Wildman–Crippen LogP) is 3.88. The molecular weight excluding hydrogens is 450 g/mol. The van der Waals surface area contributed by atoms with Crippen molar-refractivity contribution in [3.8, 4) is 5.75 Å². The Hall–Kier alpha value is -1.97. The molecule has 0 aliphatic rings. The van der Waals surface area contributed by atoms with Gasteiger partial charge in [0, 0.05) is 5.56 Å². The molecule has 0 saturated heterocycles. The second-order valence-corrected chi connectivity index (χ2v) is 8.23. The molecule has 0 unspecified atom stereocenters. The number of thiophene rings is 1. The summed E-state index contributed by atoms with van der Waals surface area (Å²) < 4.78 is 6.38. The molecule has 6 nitrogen and oxygen atoms in total. The van der Waals surface area contributed by atoms with Crippen molar-refractivity contribution >= 4 is 56.4 Å². The predicted molar refractivity (Wildman–Crippen MR) is 114 cm³/mol. The number of hydrogen-bond donors (Lipinski definition) is 3. The lowest BCUT2D eigenvalue weighted by Gasteiger charge is -2.12. The zero-order chi connectivity index (χ0) is 19.8. The fourth-order valence-electron chi connectivity index (χ4n) is 1.95. The molecule has 0 aliphatic heterocycles. The Morgan fingerprint density at radius 2 is 2.00 bits per heavy atom. The number of ether oxygens (including phenoxy) is 1. The third-order valence-corrected chi connectivity index (χ3v) is 5.10. The van der Waals surface area contributed by atoms with Crippen molar-refractivity contribution in [2.24, 2.45) is 5.92 Å². The third kappa shape index (κ3) is 6.93. The zero-order valence-electron chi connectivity index (χ0n) is 14.9. The fraction of sp³-hybridized carbons (Fsp3) is 0.278. The number of rotatable bonds is 6. The maximum atomic E-state index is 12.3. The average Bonchev–Trinajstić information content (AvgIpc) is 3.15. The minimum atomic E-state index is -0.396. The van der Waals surface area contributed by atoms with Crippen molar-refractivity contribution < 1.29 is 14.3 Å². The van der Waals surface area contributed by atoms with Crippen molar-refractivity contribution in [3.63, 3.8) is 0 Å². The van der Waals surface area contributed by atoms with Crippen LogP contribution >= 0.6 is 39.5 Å². The first kappa shape index (κ1) is 21.3. The number of thiocarbonyl (C=S) groups is 1. The van der Waals surface area contributed by atoms with E-state index in [1.54, 1.807) is 35.7 Å². The van der Waals surface area contributed by atoms with Gasteiger partial charge in [0.2, 0.25) is 0 Å². The molecule has 0 saturated carbocycles. The summed E-state index contributed by atoms with van der Waals surface area (Å²) in [5.41, 5.74) is 5.35. The number of carbonyl (C=O) groups excluding carboxylic acids is 2. The number of amides is 2. The first-order chi connectivity index (χ1) is 12.9. The van der Waals surface area contributed by atoms with E-state index in [9.17, 15) is 9.59 Å². The number of benzene rings is 1. The molecule has 0 spiro atoms. The maximum Gasteiger partial charge on any atom is 0.279 e. The first-order valence-electron chi connectivity index (χ1n) is 8.24. The van der Waals surface area contributed by atoms with Gasteiger partial charge < -0.3 is 4.74 Å². The molecule has 2 amide bonds. The molecule has 0 radical (unpaired) electrons. The van der Waals surface area contributed by atoms with Crippen molar-refractivity contribution in [1.29, 1.82) is 0 Å². The number of hydrazine groups is 1. The molecule has 1 heterocycles. The van der Waals surface area contributed by atoms with Crippen LogP contribution in [0.2, 0.25) is 0 Å². The molecule has 2 rings (SSSR count). The van der Waals surface area contributed by atoms with Gasteiger partial charge in [0.25, 0.3) is 11.8 Å². The number of hydrogen-bond acceptors (Lipinski definition) is 5. The smallest absolute Gasteiger partial charge is 0.279 e. The Morgan fingerprint density at radius 1 is 1.22 bits per heavy atom. The van der Waals surface area contributed by atoms with E-state index in [0.29, 0.717) is 33.2 Å². The SMILES string of the molecule is CC(C)CCOc1ccc(C(=O)NC(=S)NNC(=O)c2cccs2)cc1Br. The van der Waals surface area contributed by atoms with Crippen LogP contribution in [0.5, 0.6) is 5.75 Å². The second-order valence-electron chi connectivity index (χ2n) is 6.02. The van der Waals surface area contributed by atoms with Gasteiger partial charge >= 0.3 is 0 Å². The van der Waals surface area contributed by atoms with Crippen LogP contribution in [-0.2, 0) is 0 Å². The molecule has 0 atom stereocenters. The molecule has 9 heteroatoms. The molecule has 0 fully saturated rings. The van der Waals surface area contributed by atoms with E-state index < -0.39 is 5.91 Å². The highest BCUT2D eigenvalue weighted by Gasteiger charge is 2.12. The van der Waals surface area contributed by atoms with Crippen LogP contribution in [0.1, 0.15) is 40.3 Å². The molecule has 0 bridgehead atoms. The van der Waals surface area contributed by atoms with Crippen LogP contribution in [0.4, 0.5) is 0 Å². The zero-order valence-corrected chi connectivity index (χ0v) is 18.1. The molecule has 1 aromatic carbocycles. The van der Waals surface area contributed by atoms with Crippen LogP contribution in [0.15, 0.2) is 40.2 Å². The van der Waals surface area contributed by atoms with Crippen LogP contribution in [0.25, 0.3) is 0 Å². The van der Waals surface area contributed by atoms with Gasteiger partial charge in [-0.25, -0.2) is 0 Å². The van der Waals surface area contributed by atoms with Crippen LogP contribution in [0, 0.1) is 5.92 Å². The lowest BCUT2D eigenvalue weighted by molar-refractivity contribution is 0.0938. The quantitative estimate of drug-likeness (QED) is 0.441. The minimum Gasteiger partial charge on any atom is -0.492 e. The molecule has 2 aromatic rings. The Bertz CT molecular complexity index is 810. The second kappa shape index (κ2) is 10.4. The van der Waals surface area contributed by atoms with Crippen molar-refractivity contribution in [1.82, 2.24) is 16.2 Å². The monoisotopic (exact) mass is 469 g/mol. The van der Waals surface area contributed by atoms with Crippen molar-refractivity contribution in [2.45, 2.75) is 20.3 Å². The Balaban J connectivity index is 1.84. The Morgan fingerprint density at radius 3 is 2.63 bits per heavy atom. The van der Waals surface area contributed by atoms with Crippen LogP contribution < -0.4 is 20.9 Å². The fourth-order valence-corrected chi connectivity index (χ4v) is 3.21. The van der Waals surface area contributed by atoms with E-state index in [-0.39, 0.29) is 11.0 Å². The van der Waals surface area contributed by atoms with E-state index in [2.05, 4.69) is 45.9 Å². The number of halogens is 1. The molecular formula is C18H20BrN3O3S2. The van der Waals surface area contributed by atoms with E-state index >= 15 is 0 Å². The largest absolute Gasteiger partial charge is 0.492 e. The van der Waals surface area contributed by atoms with E-state index in [1.807, 2.05) is 0 Å². The first-order valence-corrected chi connectivity index (χ1v) is 10.3. The van der Waals surface area contributed by atoms with Gasteiger partial charge in [-0.15, -0.1) is 11.3 Å². The van der Waals surface area contributed by atoms with Gasteiger partial charge in [0.05, 0.1) is 16.0 Å². The summed E-state index contributed by atoms with van der Waals surface area (Å²) in [4.78, 5) is 24.6. The summed E-state index contributed by atoms with van der Waals surface area (Å²) in [7, 11) is 0. The third-order valence-electron chi connectivity index (χ3n) is 3.41. The summed E-state index contributed by atoms with van der Waals surface area (Å²) >= 11 is 9.74. The lowest BCUT2D eigenvalue weighted by Crippen LogP contribution is -2.48. The minimum absolute atomic E-state index is 0.00158. The highest BCUT2D eigenvalue weighted by Crippen LogP contribution is 2.26. The van der Waals surface area contributed by atoms with E-state index in [4.69, 9.17) is 17.0 Å². The summed E-state index contributed by atoms with van der Waals surface area (Å²) in [6.45, 7) is 4.87. The maximum absolute atomic E-state index is 12.3. The van der Waals surface area contributed by atoms with Gasteiger partial charge in [-0.3, -0.25) is 25.8 Å². The highest BCUT2D eigenvalue weighted by atomic mass is 79.9. The van der Waals surface area contributed by atoms with Gasteiger partial charge in [-0.1, -0.05) is 19.9 Å². The van der Waals surface area contributed by atoms with Gasteiger partial charge in [-0.05, 0) is 70.1 Å². The highest BCUT2D eigenvalue weighted by molar-refractivity contribution is 9.10. The van der Waals surface area contributed by atoms with Gasteiger partial charge in [0.15, 0.2) is 5.11 Å². The summed E-state index contributed by atoms with van der Waals surface area (Å²) in [6.07, 6.45) is 0.950. The number of nitrogens with one attached hydrogen (secondary N) is 3. The van der Waals surface area contributed by atoms with Crippen molar-refractivity contribution in [2.75, 3.05) is 6.61 Å². The Labute approximate surface area is 175 Å². The lowest BCUT2D eigenvalue weighted by atomic mass is 10.1. The molecule has 144 valence electrons. The van der Waals surface area contributed by atoms with Gasteiger partial charge in [0.1, 0.15) is 5.75 Å². The van der Waals surface area contributed by atoms with Gasteiger partial charge in [-0.2, -0.15) is 0 Å². The van der Waals surface area contributed by atoms with Crippen LogP contribution in [0.3, 0.4) is 0 Å². The average molecular weight is 470 g/mol. The summed E-state index contributed by atoms with van der Waals surface area (Å²) in [6, 6.07) is 8.50. The molecule has 27 heavy (non-hydrogen) atoms. The van der Waals surface area contributed by atoms with E-state index in [1.165, 1.54) is 11.3 Å². The van der Waals surface area contributed by atoms with E-state index in [0.717, 1.165) is 6.42 Å². The number of carbonyl (C=O) groups is 2. The van der Waals surface area contributed by atoms with Crippen LogP contribution in [-0.4, -0.2) is 23.5 Å². The summed E-state index contributed by atoms with van der Waals surface area (Å²) in [5, 5.41) is 4.30. The normalized spacial score (nSPS) is 10.4. The standard InChI is InChI=1S/C18H20BrN3O3S2/c1-11(2)7-8-25-14-6-5-12(10-13(14)19)16(23)20-18(26)22-21-17(24)15-4-3-9-27-15/h3-6,9-11H,7-8H2,1-2H3,(H,21,24)(H2,20,22,23,26).